The normalized spacial score (nSPS) is 19.1. The Morgan fingerprint density at radius 3 is 1.03 bits per heavy atom. The zero-order chi connectivity index (χ0) is 24.2. The summed E-state index contributed by atoms with van der Waals surface area (Å²) in [6, 6.07) is 0. The van der Waals surface area contributed by atoms with Crippen molar-refractivity contribution in [3.05, 3.63) is 0 Å². The van der Waals surface area contributed by atoms with Gasteiger partial charge in [0.15, 0.2) is 6.17 Å². The van der Waals surface area contributed by atoms with Gasteiger partial charge < -0.3 is 0 Å². The van der Waals surface area contributed by atoms with Crippen LogP contribution in [0.3, 0.4) is 0 Å². The first kappa shape index (κ1) is 27.7. The van der Waals surface area contributed by atoms with Crippen molar-refractivity contribution >= 4 is 0 Å². The van der Waals surface area contributed by atoms with E-state index < -0.39 is 67.2 Å². The van der Waals surface area contributed by atoms with E-state index >= 15 is 0 Å². The summed E-state index contributed by atoms with van der Waals surface area (Å²) in [5.41, 5.74) is -7.30. The summed E-state index contributed by atoms with van der Waals surface area (Å²) < 4.78 is 228. The van der Waals surface area contributed by atoms with Crippen molar-refractivity contribution in [2.24, 2.45) is 11.8 Å². The molecule has 0 bridgehead atoms. The molecule has 0 aliphatic carbocycles. The Morgan fingerprint density at radius 1 is 0.517 bits per heavy atom. The minimum Gasteiger partial charge on any atom is -0.243 e. The van der Waals surface area contributed by atoms with E-state index in [1.54, 1.807) is 0 Å². The summed E-state index contributed by atoms with van der Waals surface area (Å²) >= 11 is 0. The molecule has 0 nitrogen and oxygen atoms in total. The van der Waals surface area contributed by atoms with Gasteiger partial charge in [-0.3, -0.25) is 0 Å². The number of hydrogen-bond acceptors (Lipinski definition) is 0. The third-order valence-corrected chi connectivity index (χ3v) is 3.71. The lowest BCUT2D eigenvalue weighted by molar-refractivity contribution is -0.402. The average Bonchev–Trinajstić information content (AvgIpc) is 2.39. The molecule has 0 rings (SSSR count). The molecule has 3 atom stereocenters. The zero-order valence-corrected chi connectivity index (χ0v) is 13.0. The molecule has 0 amide bonds. The Morgan fingerprint density at radius 2 is 0.828 bits per heavy atom. The Kier molecular flexibility index (Phi) is 6.85. The van der Waals surface area contributed by atoms with E-state index in [4.69, 9.17) is 0 Å². The number of rotatable bonds is 5. The van der Waals surface area contributed by atoms with E-state index in [1.165, 1.54) is 0 Å². The van der Waals surface area contributed by atoms with Crippen molar-refractivity contribution in [3.63, 3.8) is 0 Å². The van der Waals surface area contributed by atoms with E-state index in [9.17, 15) is 79.0 Å². The maximum atomic E-state index is 13.7. The molecule has 0 radical (unpaired) electrons. The Balaban J connectivity index is 6.72. The van der Waals surface area contributed by atoms with Crippen LogP contribution in [-0.2, 0) is 0 Å². The average molecular weight is 480 g/mol. The summed E-state index contributed by atoms with van der Waals surface area (Å²) in [6.45, 7) is -0.949. The molecule has 0 aromatic carbocycles. The van der Waals surface area contributed by atoms with E-state index in [0.717, 1.165) is 0 Å². The smallest absolute Gasteiger partial charge is 0.243 e. The highest BCUT2D eigenvalue weighted by atomic mass is 19.4. The van der Waals surface area contributed by atoms with Gasteiger partial charge in [-0.2, -0.15) is 70.2 Å². The van der Waals surface area contributed by atoms with Crippen LogP contribution in [0.2, 0.25) is 0 Å². The van der Waals surface area contributed by atoms with Crippen LogP contribution in [0.5, 0.6) is 0 Å². The number of halogens is 18. The third-order valence-electron chi connectivity index (χ3n) is 3.71. The molecule has 0 N–H and O–H groups in total. The molecule has 0 aliphatic heterocycles. The summed E-state index contributed by atoms with van der Waals surface area (Å²) in [5.74, 6) is -25.7. The molecular weight excluding hydrogens is 474 g/mol. The maximum absolute atomic E-state index is 13.7. The molecular formula is C11H6F18. The molecule has 176 valence electrons. The molecule has 0 aromatic rings. The van der Waals surface area contributed by atoms with Crippen LogP contribution in [0.15, 0.2) is 0 Å². The van der Waals surface area contributed by atoms with Crippen LogP contribution in [0.4, 0.5) is 79.0 Å². The van der Waals surface area contributed by atoms with Crippen LogP contribution in [0.25, 0.3) is 0 Å². The second-order valence-corrected chi connectivity index (χ2v) is 5.68. The summed E-state index contributed by atoms with van der Waals surface area (Å²) in [6.07, 6.45) is -35.2. The number of hydrogen-bond donors (Lipinski definition) is 0. The van der Waals surface area contributed by atoms with Crippen LogP contribution in [0.1, 0.15) is 6.92 Å². The van der Waals surface area contributed by atoms with Crippen molar-refractivity contribution in [2.45, 2.75) is 55.3 Å². The first-order valence-electron chi connectivity index (χ1n) is 6.54. The van der Waals surface area contributed by atoms with Gasteiger partial charge in [0.1, 0.15) is 5.92 Å². The molecule has 0 aliphatic rings. The zero-order valence-electron chi connectivity index (χ0n) is 13.0. The van der Waals surface area contributed by atoms with Gasteiger partial charge in [-0.05, 0) is 0 Å². The quantitative estimate of drug-likeness (QED) is 0.380. The Labute approximate surface area is 147 Å². The van der Waals surface area contributed by atoms with Crippen molar-refractivity contribution < 1.29 is 79.0 Å². The molecule has 0 fully saturated rings. The molecule has 0 heterocycles. The fourth-order valence-electron chi connectivity index (χ4n) is 2.22. The topological polar surface area (TPSA) is 0 Å². The van der Waals surface area contributed by atoms with Crippen molar-refractivity contribution in [2.75, 3.05) is 0 Å². The van der Waals surface area contributed by atoms with E-state index in [1.807, 2.05) is 0 Å². The molecule has 29 heavy (non-hydrogen) atoms. The highest BCUT2D eigenvalue weighted by Gasteiger charge is 2.83. The lowest BCUT2D eigenvalue weighted by atomic mass is 9.76. The third kappa shape index (κ3) is 4.44. The lowest BCUT2D eigenvalue weighted by Crippen LogP contribution is -2.66. The molecule has 0 aromatic heterocycles. The minimum atomic E-state index is -7.69. The molecule has 0 spiro atoms. The van der Waals surface area contributed by atoms with Gasteiger partial charge in [0.05, 0.1) is 0 Å². The van der Waals surface area contributed by atoms with Crippen LogP contribution in [-0.4, -0.2) is 48.4 Å². The summed E-state index contributed by atoms with van der Waals surface area (Å²) in [5, 5.41) is 0. The van der Waals surface area contributed by atoms with Crippen LogP contribution < -0.4 is 0 Å². The van der Waals surface area contributed by atoms with Gasteiger partial charge in [-0.1, -0.05) is 6.92 Å². The summed E-state index contributed by atoms with van der Waals surface area (Å²) in [7, 11) is 0. The Hall–Kier alpha value is -1.26. The number of alkyl halides is 18. The van der Waals surface area contributed by atoms with Gasteiger partial charge in [0.25, 0.3) is 0 Å². The fourth-order valence-corrected chi connectivity index (χ4v) is 2.22. The van der Waals surface area contributed by atoms with Crippen LogP contribution >= 0.6 is 0 Å². The van der Waals surface area contributed by atoms with E-state index in [0.29, 0.717) is 0 Å². The van der Waals surface area contributed by atoms with Crippen molar-refractivity contribution in [3.8, 4) is 0 Å². The van der Waals surface area contributed by atoms with Gasteiger partial charge >= 0.3 is 42.2 Å². The maximum Gasteiger partial charge on any atom is 0.459 e. The van der Waals surface area contributed by atoms with E-state index in [-0.39, 0.29) is 0 Å². The van der Waals surface area contributed by atoms with Gasteiger partial charge in [0, 0.05) is 5.92 Å². The molecule has 0 saturated heterocycles. The van der Waals surface area contributed by atoms with Gasteiger partial charge in [-0.15, -0.1) is 0 Å². The second-order valence-electron chi connectivity index (χ2n) is 5.68. The fraction of sp³-hybridized carbons (Fsp3) is 1.00. The molecule has 18 heteroatoms. The second kappa shape index (κ2) is 7.16. The first-order valence-corrected chi connectivity index (χ1v) is 6.54. The lowest BCUT2D eigenvalue weighted by Gasteiger charge is -2.41. The first-order chi connectivity index (χ1) is 12.2. The van der Waals surface area contributed by atoms with Gasteiger partial charge in [-0.25, -0.2) is 8.78 Å². The minimum absolute atomic E-state index is 0.949. The van der Waals surface area contributed by atoms with Gasteiger partial charge in [0.2, 0.25) is 0 Å². The van der Waals surface area contributed by atoms with Crippen LogP contribution in [0, 0.1) is 11.8 Å². The largest absolute Gasteiger partial charge is 0.459 e. The molecule has 3 unspecified atom stereocenters. The van der Waals surface area contributed by atoms with E-state index in [2.05, 4.69) is 0 Å². The highest BCUT2D eigenvalue weighted by Crippen LogP contribution is 2.59. The van der Waals surface area contributed by atoms with Crippen molar-refractivity contribution in [1.29, 1.82) is 0 Å². The SMILES string of the molecule is CC(C(C(F)(F)F)C(F)(F)C(F)(F)C(F)(F)F)C(F)C(F)(C(F)(F)F)C(F)(F)F. The predicted molar refractivity (Wildman–Crippen MR) is 55.5 cm³/mol. The van der Waals surface area contributed by atoms with Crippen molar-refractivity contribution in [1.82, 2.24) is 0 Å². The molecule has 0 saturated carbocycles. The standard InChI is InChI=1S/C11H6F18/c1-2(4(12)5(13,9(21,22)23)10(24,25)26)3(7(16,17)18)6(14,15)8(19,20)11(27,28)29/h2-4H,1H3. The predicted octanol–water partition coefficient (Wildman–Crippen LogP) is 6.80. The summed E-state index contributed by atoms with van der Waals surface area (Å²) in [4.78, 5) is 0. The monoisotopic (exact) mass is 480 g/mol. The highest BCUT2D eigenvalue weighted by molar-refractivity contribution is 5.07. The Bertz CT molecular complexity index is 544.